The molecule has 2 aromatic rings. The first-order valence-electron chi connectivity index (χ1n) is 10.1. The first kappa shape index (κ1) is 20.1. The molecule has 0 aliphatic carbocycles. The van der Waals surface area contributed by atoms with Crippen LogP contribution < -0.4 is 10.6 Å². The third-order valence-electron chi connectivity index (χ3n) is 5.22. The highest BCUT2D eigenvalue weighted by molar-refractivity contribution is 5.95. The fourth-order valence-corrected chi connectivity index (χ4v) is 3.71. The van der Waals surface area contributed by atoms with Gasteiger partial charge in [-0.2, -0.15) is 0 Å². The summed E-state index contributed by atoms with van der Waals surface area (Å²) in [5.41, 5.74) is 1.77. The second-order valence-electron chi connectivity index (χ2n) is 7.27. The van der Waals surface area contributed by atoms with Crippen LogP contribution in [0.2, 0.25) is 0 Å². The van der Waals surface area contributed by atoms with Gasteiger partial charge in [-0.15, -0.1) is 0 Å². The summed E-state index contributed by atoms with van der Waals surface area (Å²) >= 11 is 0. The number of hydrogen-bond donors (Lipinski definition) is 2. The maximum atomic E-state index is 13.1. The lowest BCUT2D eigenvalue weighted by Gasteiger charge is -2.36. The van der Waals surface area contributed by atoms with Crippen LogP contribution in [0.1, 0.15) is 37.8 Å². The van der Waals surface area contributed by atoms with Gasteiger partial charge in [-0.05, 0) is 50.0 Å². The molecule has 2 amide bonds. The number of carbonyl (C=O) groups is 2. The van der Waals surface area contributed by atoms with Gasteiger partial charge in [0.2, 0.25) is 11.8 Å². The topological polar surface area (TPSA) is 61.4 Å². The quantitative estimate of drug-likeness (QED) is 0.773. The zero-order valence-corrected chi connectivity index (χ0v) is 16.4. The first-order valence-corrected chi connectivity index (χ1v) is 10.1. The van der Waals surface area contributed by atoms with E-state index in [9.17, 15) is 9.59 Å². The van der Waals surface area contributed by atoms with Gasteiger partial charge in [0, 0.05) is 18.2 Å². The minimum absolute atomic E-state index is 0.0358. The summed E-state index contributed by atoms with van der Waals surface area (Å²) in [7, 11) is 0. The predicted molar refractivity (Wildman–Crippen MR) is 112 cm³/mol. The summed E-state index contributed by atoms with van der Waals surface area (Å²) in [6.45, 7) is 4.24. The highest BCUT2D eigenvalue weighted by Crippen LogP contribution is 2.28. The lowest BCUT2D eigenvalue weighted by Crippen LogP contribution is -2.45. The maximum absolute atomic E-state index is 13.1. The van der Waals surface area contributed by atoms with Crippen molar-refractivity contribution in [2.24, 2.45) is 5.92 Å². The summed E-state index contributed by atoms with van der Waals surface area (Å²) < 4.78 is 0. The molecule has 3 rings (SSSR count). The number of nitrogens with one attached hydrogen (secondary N) is 2. The first-order chi connectivity index (χ1) is 13.7. The summed E-state index contributed by atoms with van der Waals surface area (Å²) in [6.07, 6.45) is 2.50. The predicted octanol–water partition coefficient (Wildman–Crippen LogP) is 3.60. The molecule has 148 valence electrons. The smallest absolute Gasteiger partial charge is 0.246 e. The summed E-state index contributed by atoms with van der Waals surface area (Å²) in [5.74, 6) is 0.147. The van der Waals surface area contributed by atoms with E-state index in [1.54, 1.807) is 0 Å². The molecule has 1 fully saturated rings. The monoisotopic (exact) mass is 379 g/mol. The molecular weight excluding hydrogens is 350 g/mol. The van der Waals surface area contributed by atoms with Crippen LogP contribution in [0.5, 0.6) is 0 Å². The van der Waals surface area contributed by atoms with Gasteiger partial charge in [0.25, 0.3) is 0 Å². The Morgan fingerprint density at radius 1 is 1.00 bits per heavy atom. The Hall–Kier alpha value is -2.66. The number of piperidine rings is 1. The average molecular weight is 380 g/mol. The Labute approximate surface area is 167 Å². The number of hydrogen-bond acceptors (Lipinski definition) is 3. The van der Waals surface area contributed by atoms with Gasteiger partial charge in [0.15, 0.2) is 0 Å². The highest BCUT2D eigenvalue weighted by atomic mass is 16.2. The molecule has 0 aromatic heterocycles. The fourth-order valence-electron chi connectivity index (χ4n) is 3.71. The minimum Gasteiger partial charge on any atom is -0.356 e. The van der Waals surface area contributed by atoms with Crippen LogP contribution in [0.15, 0.2) is 60.7 Å². The zero-order valence-electron chi connectivity index (χ0n) is 16.4. The van der Waals surface area contributed by atoms with Gasteiger partial charge >= 0.3 is 0 Å². The Kier molecular flexibility index (Phi) is 7.20. The molecule has 1 unspecified atom stereocenters. The third kappa shape index (κ3) is 5.20. The van der Waals surface area contributed by atoms with Crippen molar-refractivity contribution in [2.45, 2.75) is 32.2 Å². The van der Waals surface area contributed by atoms with Crippen LogP contribution >= 0.6 is 0 Å². The molecule has 1 heterocycles. The molecular formula is C23H29N3O2. The van der Waals surface area contributed by atoms with E-state index in [1.807, 2.05) is 60.7 Å². The molecule has 0 bridgehead atoms. The SMILES string of the molecule is CCCNC(=O)C1CCN(C(C(=O)Nc2ccccc2)c2ccccc2)CC1. The molecule has 5 nitrogen and oxygen atoms in total. The van der Waals surface area contributed by atoms with Crippen molar-refractivity contribution >= 4 is 17.5 Å². The number of nitrogens with zero attached hydrogens (tertiary/aromatic N) is 1. The molecule has 28 heavy (non-hydrogen) atoms. The van der Waals surface area contributed by atoms with Crippen LogP contribution in [0.4, 0.5) is 5.69 Å². The Morgan fingerprint density at radius 2 is 1.61 bits per heavy atom. The van der Waals surface area contributed by atoms with Crippen molar-refractivity contribution in [2.75, 3.05) is 25.0 Å². The molecule has 1 saturated heterocycles. The molecule has 0 spiro atoms. The number of amides is 2. The van der Waals surface area contributed by atoms with E-state index >= 15 is 0 Å². The molecule has 2 N–H and O–H groups in total. The number of likely N-dealkylation sites (tertiary alicyclic amines) is 1. The van der Waals surface area contributed by atoms with Crippen LogP contribution in [0, 0.1) is 5.92 Å². The van der Waals surface area contributed by atoms with Gasteiger partial charge in [-0.25, -0.2) is 0 Å². The van der Waals surface area contributed by atoms with E-state index in [0.29, 0.717) is 0 Å². The minimum atomic E-state index is -0.360. The van der Waals surface area contributed by atoms with E-state index < -0.39 is 0 Å². The van der Waals surface area contributed by atoms with Crippen molar-refractivity contribution in [1.29, 1.82) is 0 Å². The molecule has 1 aliphatic heterocycles. The van der Waals surface area contributed by atoms with Crippen LogP contribution in [0.25, 0.3) is 0 Å². The van der Waals surface area contributed by atoms with Crippen molar-refractivity contribution in [3.8, 4) is 0 Å². The second-order valence-corrected chi connectivity index (χ2v) is 7.27. The molecule has 5 heteroatoms. The van der Waals surface area contributed by atoms with Crippen molar-refractivity contribution in [3.05, 3.63) is 66.2 Å². The maximum Gasteiger partial charge on any atom is 0.246 e. The van der Waals surface area contributed by atoms with E-state index in [2.05, 4.69) is 22.5 Å². The second kappa shape index (κ2) is 10.0. The lowest BCUT2D eigenvalue weighted by molar-refractivity contribution is -0.127. The molecule has 1 atom stereocenters. The lowest BCUT2D eigenvalue weighted by atomic mass is 9.93. The summed E-state index contributed by atoms with van der Waals surface area (Å²) in [4.78, 5) is 27.6. The van der Waals surface area contributed by atoms with Crippen molar-refractivity contribution in [3.63, 3.8) is 0 Å². The Morgan fingerprint density at radius 3 is 2.21 bits per heavy atom. The molecule has 0 saturated carbocycles. The van der Waals surface area contributed by atoms with Gasteiger partial charge < -0.3 is 10.6 Å². The largest absolute Gasteiger partial charge is 0.356 e. The van der Waals surface area contributed by atoms with Crippen molar-refractivity contribution in [1.82, 2.24) is 10.2 Å². The molecule has 0 radical (unpaired) electrons. The van der Waals surface area contributed by atoms with E-state index in [-0.39, 0.29) is 23.8 Å². The zero-order chi connectivity index (χ0) is 19.8. The van der Waals surface area contributed by atoms with Gasteiger partial charge in [-0.1, -0.05) is 55.5 Å². The van der Waals surface area contributed by atoms with Gasteiger partial charge in [0.05, 0.1) is 0 Å². The van der Waals surface area contributed by atoms with Gasteiger partial charge in [-0.3, -0.25) is 14.5 Å². The number of para-hydroxylation sites is 1. The molecule has 1 aliphatic rings. The Balaban J connectivity index is 1.70. The van der Waals surface area contributed by atoms with E-state index in [0.717, 1.165) is 50.1 Å². The fraction of sp³-hybridized carbons (Fsp3) is 0.391. The third-order valence-corrected chi connectivity index (χ3v) is 5.22. The summed E-state index contributed by atoms with van der Waals surface area (Å²) in [6, 6.07) is 19.0. The normalized spacial score (nSPS) is 16.3. The number of benzene rings is 2. The van der Waals surface area contributed by atoms with Crippen LogP contribution in [-0.4, -0.2) is 36.3 Å². The average Bonchev–Trinajstić information content (AvgIpc) is 2.74. The van der Waals surface area contributed by atoms with Crippen LogP contribution in [0.3, 0.4) is 0 Å². The van der Waals surface area contributed by atoms with Crippen molar-refractivity contribution < 1.29 is 9.59 Å². The highest BCUT2D eigenvalue weighted by Gasteiger charge is 2.33. The van der Waals surface area contributed by atoms with Gasteiger partial charge in [0.1, 0.15) is 6.04 Å². The number of anilines is 1. The Bertz CT molecular complexity index is 756. The van der Waals surface area contributed by atoms with E-state index in [4.69, 9.17) is 0 Å². The standard InChI is InChI=1S/C23H29N3O2/c1-2-15-24-22(27)19-13-16-26(17-14-19)21(18-9-5-3-6-10-18)23(28)25-20-11-7-4-8-12-20/h3-12,19,21H,2,13-17H2,1H3,(H,24,27)(H,25,28). The van der Waals surface area contributed by atoms with Crippen LogP contribution in [-0.2, 0) is 9.59 Å². The molecule has 2 aromatic carbocycles. The van der Waals surface area contributed by atoms with E-state index in [1.165, 1.54) is 0 Å². The summed E-state index contributed by atoms with van der Waals surface area (Å²) in [5, 5.41) is 6.04. The number of carbonyl (C=O) groups excluding carboxylic acids is 2. The number of rotatable bonds is 7.